The van der Waals surface area contributed by atoms with Gasteiger partial charge in [0.15, 0.2) is 5.82 Å². The summed E-state index contributed by atoms with van der Waals surface area (Å²) in [5, 5.41) is 0. The van der Waals surface area contributed by atoms with Gasteiger partial charge in [-0.05, 0) is 13.8 Å². The molecule has 0 aromatic carbocycles. The Balaban J connectivity index is 1.91. The Bertz CT molecular complexity index is 489. The number of aromatic nitrogens is 1. The van der Waals surface area contributed by atoms with Gasteiger partial charge in [0.2, 0.25) is 0 Å². The first-order chi connectivity index (χ1) is 9.45. The van der Waals surface area contributed by atoms with Crippen LogP contribution in [0, 0.1) is 11.6 Å². The molecule has 2 heterocycles. The predicted octanol–water partition coefficient (Wildman–Crippen LogP) is 2.11. The standard InChI is InChI=1S/C13H16F2N2O3/c1-8-5-17(6-9(2)20-8)13(18)19-7-12-11(15)3-10(14)4-16-12/h3-4,8-9H,5-7H2,1-2H3/t8-,9+. The van der Waals surface area contributed by atoms with Crippen LogP contribution in [0.5, 0.6) is 0 Å². The topological polar surface area (TPSA) is 51.7 Å². The summed E-state index contributed by atoms with van der Waals surface area (Å²) in [6, 6.07) is 0.703. The Morgan fingerprint density at radius 3 is 2.70 bits per heavy atom. The number of carbonyl (C=O) groups excluding carboxylic acids is 1. The highest BCUT2D eigenvalue weighted by Crippen LogP contribution is 2.13. The SMILES string of the molecule is C[C@@H]1CN(C(=O)OCc2ncc(F)cc2F)C[C@H](C)O1. The van der Waals surface area contributed by atoms with Crippen molar-refractivity contribution in [2.45, 2.75) is 32.7 Å². The number of rotatable bonds is 2. The van der Waals surface area contributed by atoms with E-state index in [9.17, 15) is 13.6 Å². The lowest BCUT2D eigenvalue weighted by Crippen LogP contribution is -2.48. The van der Waals surface area contributed by atoms with Crippen LogP contribution in [0.2, 0.25) is 0 Å². The molecule has 0 bridgehead atoms. The van der Waals surface area contributed by atoms with E-state index in [0.717, 1.165) is 6.20 Å². The van der Waals surface area contributed by atoms with Crippen molar-refractivity contribution in [3.63, 3.8) is 0 Å². The van der Waals surface area contributed by atoms with Crippen molar-refractivity contribution < 1.29 is 23.0 Å². The van der Waals surface area contributed by atoms with Gasteiger partial charge >= 0.3 is 6.09 Å². The Morgan fingerprint density at radius 1 is 1.45 bits per heavy atom. The van der Waals surface area contributed by atoms with Crippen LogP contribution in [0.3, 0.4) is 0 Å². The molecule has 2 rings (SSSR count). The second-order valence-electron chi connectivity index (χ2n) is 4.80. The summed E-state index contributed by atoms with van der Waals surface area (Å²) in [5.41, 5.74) is -0.103. The first-order valence-corrected chi connectivity index (χ1v) is 6.32. The minimum Gasteiger partial charge on any atom is -0.443 e. The molecule has 0 spiro atoms. The summed E-state index contributed by atoms with van der Waals surface area (Å²) in [7, 11) is 0. The molecule has 2 atom stereocenters. The van der Waals surface area contributed by atoms with Gasteiger partial charge in [-0.3, -0.25) is 4.98 Å². The van der Waals surface area contributed by atoms with Crippen LogP contribution in [0.4, 0.5) is 13.6 Å². The molecule has 1 fully saturated rings. The van der Waals surface area contributed by atoms with Gasteiger partial charge in [0.25, 0.3) is 0 Å². The molecule has 5 nitrogen and oxygen atoms in total. The van der Waals surface area contributed by atoms with Gasteiger partial charge in [-0.15, -0.1) is 0 Å². The summed E-state index contributed by atoms with van der Waals surface area (Å²) in [4.78, 5) is 16.9. The summed E-state index contributed by atoms with van der Waals surface area (Å²) >= 11 is 0. The first-order valence-electron chi connectivity index (χ1n) is 6.32. The molecule has 1 aliphatic heterocycles. The molecule has 7 heteroatoms. The third-order valence-corrected chi connectivity index (χ3v) is 2.89. The van der Waals surface area contributed by atoms with Crippen LogP contribution >= 0.6 is 0 Å². The zero-order chi connectivity index (χ0) is 14.7. The quantitative estimate of drug-likeness (QED) is 0.835. The largest absolute Gasteiger partial charge is 0.443 e. The van der Waals surface area contributed by atoms with E-state index in [-0.39, 0.29) is 24.5 Å². The van der Waals surface area contributed by atoms with E-state index in [4.69, 9.17) is 9.47 Å². The smallest absolute Gasteiger partial charge is 0.410 e. The van der Waals surface area contributed by atoms with E-state index in [0.29, 0.717) is 19.2 Å². The molecular formula is C13H16F2N2O3. The van der Waals surface area contributed by atoms with E-state index in [1.165, 1.54) is 4.90 Å². The van der Waals surface area contributed by atoms with Gasteiger partial charge in [0.05, 0.1) is 31.5 Å². The van der Waals surface area contributed by atoms with Crippen LogP contribution in [-0.4, -0.2) is 41.3 Å². The van der Waals surface area contributed by atoms with E-state index < -0.39 is 17.7 Å². The maximum Gasteiger partial charge on any atom is 0.410 e. The second-order valence-corrected chi connectivity index (χ2v) is 4.80. The average molecular weight is 286 g/mol. The van der Waals surface area contributed by atoms with Crippen molar-refractivity contribution in [2.24, 2.45) is 0 Å². The minimum absolute atomic E-state index is 0.0769. The van der Waals surface area contributed by atoms with E-state index >= 15 is 0 Å². The molecule has 0 radical (unpaired) electrons. The molecule has 20 heavy (non-hydrogen) atoms. The van der Waals surface area contributed by atoms with Gasteiger partial charge in [0, 0.05) is 6.07 Å². The number of halogens is 2. The van der Waals surface area contributed by atoms with E-state index in [2.05, 4.69) is 4.98 Å². The molecule has 1 aromatic heterocycles. The summed E-state index contributed by atoms with van der Waals surface area (Å²) in [5.74, 6) is -1.60. The second kappa shape index (κ2) is 6.13. The third kappa shape index (κ3) is 3.63. The normalized spacial score (nSPS) is 22.7. The number of ether oxygens (including phenoxy) is 2. The molecule has 0 N–H and O–H groups in total. The Morgan fingerprint density at radius 2 is 2.10 bits per heavy atom. The Labute approximate surface area is 115 Å². The van der Waals surface area contributed by atoms with Crippen molar-refractivity contribution in [3.8, 4) is 0 Å². The number of amides is 1. The van der Waals surface area contributed by atoms with E-state index in [1.807, 2.05) is 13.8 Å². The highest BCUT2D eigenvalue weighted by Gasteiger charge is 2.27. The number of hydrogen-bond acceptors (Lipinski definition) is 4. The van der Waals surface area contributed by atoms with Crippen LogP contribution in [0.25, 0.3) is 0 Å². The Kier molecular flexibility index (Phi) is 4.49. The average Bonchev–Trinajstić information content (AvgIpc) is 2.36. The molecule has 0 aliphatic carbocycles. The van der Waals surface area contributed by atoms with Crippen molar-refractivity contribution in [1.29, 1.82) is 0 Å². The number of carbonyl (C=O) groups is 1. The molecule has 1 aliphatic rings. The first kappa shape index (κ1) is 14.6. The fourth-order valence-corrected chi connectivity index (χ4v) is 2.10. The Hall–Kier alpha value is -1.76. The lowest BCUT2D eigenvalue weighted by molar-refractivity contribution is -0.0645. The van der Waals surface area contributed by atoms with Gasteiger partial charge in [-0.1, -0.05) is 0 Å². The molecule has 0 saturated carbocycles. The summed E-state index contributed by atoms with van der Waals surface area (Å²) in [6.45, 7) is 4.23. The number of pyridine rings is 1. The van der Waals surface area contributed by atoms with Crippen molar-refractivity contribution in [2.75, 3.05) is 13.1 Å². The zero-order valence-corrected chi connectivity index (χ0v) is 11.3. The fourth-order valence-electron chi connectivity index (χ4n) is 2.10. The highest BCUT2D eigenvalue weighted by molar-refractivity contribution is 5.67. The van der Waals surface area contributed by atoms with Gasteiger partial charge < -0.3 is 14.4 Å². The van der Waals surface area contributed by atoms with Crippen molar-refractivity contribution in [1.82, 2.24) is 9.88 Å². The van der Waals surface area contributed by atoms with Crippen LogP contribution in [0.15, 0.2) is 12.3 Å². The van der Waals surface area contributed by atoms with Gasteiger partial charge in [0.1, 0.15) is 18.1 Å². The number of nitrogens with zero attached hydrogens (tertiary/aromatic N) is 2. The minimum atomic E-state index is -0.832. The van der Waals surface area contributed by atoms with Crippen LogP contribution in [0.1, 0.15) is 19.5 Å². The molecule has 1 amide bonds. The molecule has 1 aromatic rings. The number of hydrogen-bond donors (Lipinski definition) is 0. The maximum atomic E-state index is 13.3. The lowest BCUT2D eigenvalue weighted by Gasteiger charge is -2.34. The van der Waals surface area contributed by atoms with Crippen LogP contribution in [-0.2, 0) is 16.1 Å². The third-order valence-electron chi connectivity index (χ3n) is 2.89. The summed E-state index contributed by atoms with van der Waals surface area (Å²) in [6.07, 6.45) is 0.169. The monoisotopic (exact) mass is 286 g/mol. The summed E-state index contributed by atoms with van der Waals surface area (Å²) < 4.78 is 36.5. The lowest BCUT2D eigenvalue weighted by atomic mass is 10.2. The van der Waals surface area contributed by atoms with Crippen molar-refractivity contribution >= 4 is 6.09 Å². The van der Waals surface area contributed by atoms with E-state index in [1.54, 1.807) is 0 Å². The molecule has 0 unspecified atom stereocenters. The zero-order valence-electron chi connectivity index (χ0n) is 11.3. The van der Waals surface area contributed by atoms with Crippen molar-refractivity contribution in [3.05, 3.63) is 29.6 Å². The van der Waals surface area contributed by atoms with Crippen LogP contribution < -0.4 is 0 Å². The molecular weight excluding hydrogens is 270 g/mol. The van der Waals surface area contributed by atoms with Gasteiger partial charge in [-0.25, -0.2) is 13.6 Å². The maximum absolute atomic E-state index is 13.3. The number of morpholine rings is 1. The highest BCUT2D eigenvalue weighted by atomic mass is 19.1. The predicted molar refractivity (Wildman–Crippen MR) is 65.9 cm³/mol. The fraction of sp³-hybridized carbons (Fsp3) is 0.538. The molecule has 110 valence electrons. The van der Waals surface area contributed by atoms with Gasteiger partial charge in [-0.2, -0.15) is 0 Å². The molecule has 1 saturated heterocycles.